The maximum absolute atomic E-state index is 11.5. The number of pyridine rings is 1. The Hall–Kier alpha value is -2.16. The van der Waals surface area contributed by atoms with Crippen LogP contribution in [-0.4, -0.2) is 18.1 Å². The Morgan fingerprint density at radius 2 is 1.72 bits per heavy atom. The molecule has 0 spiro atoms. The van der Waals surface area contributed by atoms with Crippen molar-refractivity contribution in [1.82, 2.24) is 4.98 Å². The molecule has 2 aromatic rings. The van der Waals surface area contributed by atoms with Crippen LogP contribution in [0.1, 0.15) is 21.7 Å². The molecule has 3 heteroatoms. The lowest BCUT2D eigenvalue weighted by Gasteiger charge is -2.06. The number of benzene rings is 1. The van der Waals surface area contributed by atoms with Crippen LogP contribution in [-0.2, 0) is 4.74 Å². The van der Waals surface area contributed by atoms with Crippen molar-refractivity contribution in [3.63, 3.8) is 0 Å². The molecule has 18 heavy (non-hydrogen) atoms. The van der Waals surface area contributed by atoms with E-state index in [1.54, 1.807) is 6.07 Å². The highest BCUT2D eigenvalue weighted by Gasteiger charge is 2.10. The van der Waals surface area contributed by atoms with Gasteiger partial charge in [0.1, 0.15) is 5.69 Å². The van der Waals surface area contributed by atoms with Gasteiger partial charge in [-0.25, -0.2) is 9.78 Å². The van der Waals surface area contributed by atoms with E-state index in [4.69, 9.17) is 4.74 Å². The van der Waals surface area contributed by atoms with E-state index in [9.17, 15) is 4.79 Å². The van der Waals surface area contributed by atoms with Crippen molar-refractivity contribution in [2.24, 2.45) is 0 Å². The first-order chi connectivity index (χ1) is 8.60. The first kappa shape index (κ1) is 12.3. The van der Waals surface area contributed by atoms with Gasteiger partial charge < -0.3 is 4.74 Å². The Morgan fingerprint density at radius 1 is 1.06 bits per heavy atom. The molecule has 0 N–H and O–H groups in total. The van der Waals surface area contributed by atoms with E-state index in [0.29, 0.717) is 5.69 Å². The second kappa shape index (κ2) is 5.00. The van der Waals surface area contributed by atoms with Gasteiger partial charge in [-0.15, -0.1) is 0 Å². The van der Waals surface area contributed by atoms with Gasteiger partial charge >= 0.3 is 5.97 Å². The van der Waals surface area contributed by atoms with E-state index in [2.05, 4.69) is 4.98 Å². The van der Waals surface area contributed by atoms with Crippen LogP contribution in [0.25, 0.3) is 11.1 Å². The number of aromatic nitrogens is 1. The van der Waals surface area contributed by atoms with Gasteiger partial charge in [0, 0.05) is 5.69 Å². The smallest absolute Gasteiger partial charge is 0.356 e. The number of ether oxygens (including phenoxy) is 1. The summed E-state index contributed by atoms with van der Waals surface area (Å²) in [6, 6.07) is 11.9. The minimum absolute atomic E-state index is 0.341. The maximum Gasteiger partial charge on any atom is 0.356 e. The second-order valence-corrected chi connectivity index (χ2v) is 4.24. The van der Waals surface area contributed by atoms with Gasteiger partial charge in [0.2, 0.25) is 0 Å². The average molecular weight is 241 g/mol. The maximum atomic E-state index is 11.5. The van der Waals surface area contributed by atoms with E-state index >= 15 is 0 Å². The van der Waals surface area contributed by atoms with Gasteiger partial charge in [-0.1, -0.05) is 29.8 Å². The summed E-state index contributed by atoms with van der Waals surface area (Å²) in [6.45, 7) is 3.91. The molecular formula is C15H15NO2. The Labute approximate surface area is 106 Å². The molecule has 2 rings (SSSR count). The van der Waals surface area contributed by atoms with E-state index in [-0.39, 0.29) is 0 Å². The fourth-order valence-corrected chi connectivity index (χ4v) is 1.79. The molecule has 0 atom stereocenters. The Bertz CT molecular complexity index is 574. The molecule has 0 bridgehead atoms. The number of esters is 1. The minimum Gasteiger partial charge on any atom is -0.464 e. The van der Waals surface area contributed by atoms with Crippen molar-refractivity contribution < 1.29 is 9.53 Å². The van der Waals surface area contributed by atoms with E-state index in [1.807, 2.05) is 44.2 Å². The van der Waals surface area contributed by atoms with E-state index in [0.717, 1.165) is 16.8 Å². The Balaban J connectivity index is 2.48. The first-order valence-electron chi connectivity index (χ1n) is 5.74. The van der Waals surface area contributed by atoms with Gasteiger partial charge in [-0.3, -0.25) is 0 Å². The van der Waals surface area contributed by atoms with Crippen LogP contribution in [0.15, 0.2) is 36.4 Å². The highest BCUT2D eigenvalue weighted by atomic mass is 16.5. The molecule has 3 nitrogen and oxygen atoms in total. The fraction of sp³-hybridized carbons (Fsp3) is 0.200. The largest absolute Gasteiger partial charge is 0.464 e. The Morgan fingerprint density at radius 3 is 2.33 bits per heavy atom. The molecule has 0 radical (unpaired) electrons. The lowest BCUT2D eigenvalue weighted by atomic mass is 10.0. The summed E-state index contributed by atoms with van der Waals surface area (Å²) in [5.74, 6) is -0.410. The normalized spacial score (nSPS) is 10.2. The number of methoxy groups -OCH3 is 1. The van der Waals surface area contributed by atoms with Crippen molar-refractivity contribution >= 4 is 5.97 Å². The summed E-state index contributed by atoms with van der Waals surface area (Å²) < 4.78 is 4.70. The average Bonchev–Trinajstić information content (AvgIpc) is 2.38. The number of aryl methyl sites for hydroxylation is 2. The lowest BCUT2D eigenvalue weighted by molar-refractivity contribution is 0.0594. The van der Waals surface area contributed by atoms with Gasteiger partial charge in [0.15, 0.2) is 0 Å². The molecule has 0 saturated carbocycles. The number of carbonyl (C=O) groups is 1. The predicted molar refractivity (Wildman–Crippen MR) is 70.5 cm³/mol. The molecular weight excluding hydrogens is 226 g/mol. The molecule has 0 aliphatic heterocycles. The molecule has 0 saturated heterocycles. The van der Waals surface area contributed by atoms with Crippen molar-refractivity contribution in [2.75, 3.05) is 7.11 Å². The van der Waals surface area contributed by atoms with E-state index < -0.39 is 5.97 Å². The van der Waals surface area contributed by atoms with Crippen molar-refractivity contribution in [2.45, 2.75) is 13.8 Å². The van der Waals surface area contributed by atoms with Crippen molar-refractivity contribution in [3.05, 3.63) is 53.3 Å². The molecule has 92 valence electrons. The molecule has 1 heterocycles. The molecule has 0 unspecified atom stereocenters. The van der Waals surface area contributed by atoms with Crippen LogP contribution in [0.4, 0.5) is 0 Å². The summed E-state index contributed by atoms with van der Waals surface area (Å²) in [4.78, 5) is 15.7. The first-order valence-corrected chi connectivity index (χ1v) is 5.74. The zero-order valence-corrected chi connectivity index (χ0v) is 10.7. The molecule has 0 fully saturated rings. The Kier molecular flexibility index (Phi) is 3.42. The summed E-state index contributed by atoms with van der Waals surface area (Å²) >= 11 is 0. The fourth-order valence-electron chi connectivity index (χ4n) is 1.79. The SMILES string of the molecule is COC(=O)c1cc(-c2ccc(C)cc2)cc(C)n1. The molecule has 0 aliphatic rings. The monoisotopic (exact) mass is 241 g/mol. The van der Waals surface area contributed by atoms with Gasteiger partial charge in [0.05, 0.1) is 7.11 Å². The van der Waals surface area contributed by atoms with Crippen LogP contribution in [0.2, 0.25) is 0 Å². The summed E-state index contributed by atoms with van der Waals surface area (Å²) in [5, 5.41) is 0. The minimum atomic E-state index is -0.410. The van der Waals surface area contributed by atoms with Crippen LogP contribution in [0.3, 0.4) is 0 Å². The summed E-state index contributed by atoms with van der Waals surface area (Å²) in [5.41, 5.74) is 4.39. The predicted octanol–water partition coefficient (Wildman–Crippen LogP) is 3.15. The van der Waals surface area contributed by atoms with Gasteiger partial charge in [-0.05, 0) is 37.1 Å². The molecule has 0 aliphatic carbocycles. The number of rotatable bonds is 2. The number of hydrogen-bond acceptors (Lipinski definition) is 3. The van der Waals surface area contributed by atoms with Crippen LogP contribution in [0.5, 0.6) is 0 Å². The molecule has 0 amide bonds. The van der Waals surface area contributed by atoms with Crippen LogP contribution >= 0.6 is 0 Å². The summed E-state index contributed by atoms with van der Waals surface area (Å²) in [7, 11) is 1.36. The quantitative estimate of drug-likeness (QED) is 0.758. The topological polar surface area (TPSA) is 39.2 Å². The van der Waals surface area contributed by atoms with Crippen molar-refractivity contribution in [3.8, 4) is 11.1 Å². The second-order valence-electron chi connectivity index (χ2n) is 4.24. The number of carbonyl (C=O) groups excluding carboxylic acids is 1. The van der Waals surface area contributed by atoms with Gasteiger partial charge in [0.25, 0.3) is 0 Å². The zero-order valence-electron chi connectivity index (χ0n) is 10.7. The van der Waals surface area contributed by atoms with Crippen molar-refractivity contribution in [1.29, 1.82) is 0 Å². The van der Waals surface area contributed by atoms with Crippen LogP contribution in [0, 0.1) is 13.8 Å². The van der Waals surface area contributed by atoms with E-state index in [1.165, 1.54) is 12.7 Å². The molecule has 1 aromatic carbocycles. The third-order valence-electron chi connectivity index (χ3n) is 2.73. The van der Waals surface area contributed by atoms with Gasteiger partial charge in [-0.2, -0.15) is 0 Å². The lowest BCUT2D eigenvalue weighted by Crippen LogP contribution is -2.05. The highest BCUT2D eigenvalue weighted by molar-refractivity contribution is 5.88. The standard InChI is InChI=1S/C15H15NO2/c1-10-4-6-12(7-5-10)13-8-11(2)16-14(9-13)15(17)18-3/h4-9H,1-3H3. The third-order valence-corrected chi connectivity index (χ3v) is 2.73. The summed E-state index contributed by atoms with van der Waals surface area (Å²) in [6.07, 6.45) is 0. The molecule has 1 aromatic heterocycles. The number of hydrogen-bond donors (Lipinski definition) is 0. The van der Waals surface area contributed by atoms with Crippen LogP contribution < -0.4 is 0 Å². The number of nitrogens with zero attached hydrogens (tertiary/aromatic N) is 1. The highest BCUT2D eigenvalue weighted by Crippen LogP contribution is 2.21. The zero-order chi connectivity index (χ0) is 13.1. The third kappa shape index (κ3) is 2.56.